The number of nitrogens with zero attached hydrogens (tertiary/aromatic N) is 1. The first-order chi connectivity index (χ1) is 9.54. The van der Waals surface area contributed by atoms with Crippen LogP contribution in [-0.2, 0) is 6.54 Å². The Morgan fingerprint density at radius 2 is 2.05 bits per heavy atom. The van der Waals surface area contributed by atoms with Crippen molar-refractivity contribution in [3.8, 4) is 0 Å². The summed E-state index contributed by atoms with van der Waals surface area (Å²) in [4.78, 5) is 4.22. The Morgan fingerprint density at radius 1 is 1.25 bits per heavy atom. The maximum absolute atomic E-state index is 3.57. The van der Waals surface area contributed by atoms with Gasteiger partial charge in [0.15, 0.2) is 0 Å². The van der Waals surface area contributed by atoms with Crippen LogP contribution < -0.4 is 5.32 Å². The summed E-state index contributed by atoms with van der Waals surface area (Å²) >= 11 is 1.89. The van der Waals surface area contributed by atoms with Gasteiger partial charge in [-0.25, -0.2) is 0 Å². The van der Waals surface area contributed by atoms with Crippen LogP contribution >= 0.6 is 11.3 Å². The lowest BCUT2D eigenvalue weighted by Gasteiger charge is -2.22. The first kappa shape index (κ1) is 16.0. The van der Waals surface area contributed by atoms with Crippen molar-refractivity contribution in [2.45, 2.75) is 71.0 Å². The van der Waals surface area contributed by atoms with E-state index in [0.717, 1.165) is 12.6 Å². The molecule has 0 unspecified atom stereocenters. The molecule has 3 heteroatoms. The molecular weight excluding hydrogens is 264 g/mol. The first-order valence-electron chi connectivity index (χ1n) is 8.06. The highest BCUT2D eigenvalue weighted by Gasteiger charge is 2.28. The highest BCUT2D eigenvalue weighted by Crippen LogP contribution is 2.29. The molecule has 1 aromatic heterocycles. The van der Waals surface area contributed by atoms with E-state index in [4.69, 9.17) is 0 Å². The molecule has 0 aliphatic heterocycles. The molecule has 1 aliphatic carbocycles. The van der Waals surface area contributed by atoms with Gasteiger partial charge >= 0.3 is 0 Å². The molecule has 2 nitrogen and oxygen atoms in total. The summed E-state index contributed by atoms with van der Waals surface area (Å²) in [5, 5.41) is 5.76. The summed E-state index contributed by atoms with van der Waals surface area (Å²) < 4.78 is 0. The van der Waals surface area contributed by atoms with E-state index in [1.54, 1.807) is 0 Å². The van der Waals surface area contributed by atoms with Gasteiger partial charge in [0.05, 0.1) is 0 Å². The predicted molar refractivity (Wildman–Crippen MR) is 89.4 cm³/mol. The number of thiophene rings is 1. The van der Waals surface area contributed by atoms with E-state index in [2.05, 4.69) is 48.5 Å². The molecule has 0 spiro atoms. The Kier molecular flexibility index (Phi) is 6.06. The van der Waals surface area contributed by atoms with Crippen LogP contribution in [-0.4, -0.2) is 29.6 Å². The fourth-order valence-electron chi connectivity index (χ4n) is 2.51. The molecule has 0 radical (unpaired) electrons. The molecule has 0 atom stereocenters. The number of rotatable bonds is 9. The highest BCUT2D eigenvalue weighted by atomic mass is 32.1. The van der Waals surface area contributed by atoms with Crippen LogP contribution in [0.3, 0.4) is 0 Å². The van der Waals surface area contributed by atoms with Crippen LogP contribution in [0.1, 0.15) is 57.8 Å². The van der Waals surface area contributed by atoms with Crippen molar-refractivity contribution < 1.29 is 0 Å². The van der Waals surface area contributed by atoms with Crippen molar-refractivity contribution in [1.29, 1.82) is 0 Å². The number of nitrogens with one attached hydrogen (secondary N) is 1. The van der Waals surface area contributed by atoms with Gasteiger partial charge in [-0.15, -0.1) is 11.3 Å². The van der Waals surface area contributed by atoms with Gasteiger partial charge in [-0.1, -0.05) is 12.5 Å². The first-order valence-corrected chi connectivity index (χ1v) is 8.94. The largest absolute Gasteiger partial charge is 0.312 e. The van der Waals surface area contributed by atoms with Gasteiger partial charge in [0.2, 0.25) is 0 Å². The average Bonchev–Trinajstić information content (AvgIpc) is 3.09. The van der Waals surface area contributed by atoms with Crippen LogP contribution in [0, 0.1) is 0 Å². The van der Waals surface area contributed by atoms with Crippen LogP contribution in [0.4, 0.5) is 0 Å². The van der Waals surface area contributed by atoms with E-state index in [9.17, 15) is 0 Å². The highest BCUT2D eigenvalue weighted by molar-refractivity contribution is 7.09. The molecule has 1 saturated carbocycles. The molecule has 0 aromatic carbocycles. The van der Waals surface area contributed by atoms with Gasteiger partial charge < -0.3 is 5.32 Å². The van der Waals surface area contributed by atoms with E-state index < -0.39 is 0 Å². The van der Waals surface area contributed by atoms with Crippen molar-refractivity contribution in [2.75, 3.05) is 13.1 Å². The summed E-state index contributed by atoms with van der Waals surface area (Å²) in [6, 6.07) is 5.32. The molecule has 1 N–H and O–H groups in total. The molecular formula is C17H30N2S. The summed E-state index contributed by atoms with van der Waals surface area (Å²) in [6.07, 6.45) is 6.81. The molecule has 20 heavy (non-hydrogen) atoms. The third kappa shape index (κ3) is 6.38. The summed E-state index contributed by atoms with van der Waals surface area (Å²) in [5.74, 6) is 0. The quantitative estimate of drug-likeness (QED) is 0.684. The standard InChI is InChI=1S/C17H30N2S/c1-17(2,3)18-11-5-4-6-12-19(15-9-10-15)14-16-8-7-13-20-16/h7-8,13,15,18H,4-6,9-12,14H2,1-3H3. The Morgan fingerprint density at radius 3 is 2.65 bits per heavy atom. The minimum atomic E-state index is 0.263. The fourth-order valence-corrected chi connectivity index (χ4v) is 3.24. The van der Waals surface area contributed by atoms with Gasteiger partial charge in [0.25, 0.3) is 0 Å². The van der Waals surface area contributed by atoms with Crippen molar-refractivity contribution in [3.05, 3.63) is 22.4 Å². The maximum atomic E-state index is 3.57. The molecule has 1 fully saturated rings. The van der Waals surface area contributed by atoms with Crippen molar-refractivity contribution in [1.82, 2.24) is 10.2 Å². The van der Waals surface area contributed by atoms with Gasteiger partial charge in [-0.2, -0.15) is 0 Å². The van der Waals surface area contributed by atoms with Crippen LogP contribution in [0.2, 0.25) is 0 Å². The Hall–Kier alpha value is -0.380. The topological polar surface area (TPSA) is 15.3 Å². The van der Waals surface area contributed by atoms with Gasteiger partial charge in [-0.3, -0.25) is 4.90 Å². The zero-order chi connectivity index (χ0) is 14.4. The number of hydrogen-bond acceptors (Lipinski definition) is 3. The van der Waals surface area contributed by atoms with Gasteiger partial charge in [0, 0.05) is 23.0 Å². The predicted octanol–water partition coefficient (Wildman–Crippen LogP) is 4.27. The monoisotopic (exact) mass is 294 g/mol. The van der Waals surface area contributed by atoms with Crippen molar-refractivity contribution >= 4 is 11.3 Å². The van der Waals surface area contributed by atoms with E-state index in [0.29, 0.717) is 0 Å². The van der Waals surface area contributed by atoms with Crippen LogP contribution in [0.5, 0.6) is 0 Å². The van der Waals surface area contributed by atoms with E-state index in [1.807, 2.05) is 11.3 Å². The molecule has 0 bridgehead atoms. The number of unbranched alkanes of at least 4 members (excludes halogenated alkanes) is 2. The molecule has 1 aliphatic rings. The third-order valence-corrected chi connectivity index (χ3v) is 4.64. The molecule has 0 amide bonds. The summed E-state index contributed by atoms with van der Waals surface area (Å²) in [6.45, 7) is 10.3. The minimum Gasteiger partial charge on any atom is -0.312 e. The Balaban J connectivity index is 1.58. The Labute approximate surface area is 128 Å². The SMILES string of the molecule is CC(C)(C)NCCCCCN(Cc1cccs1)C1CC1. The second-order valence-corrected chi connectivity index (χ2v) is 8.05. The van der Waals surface area contributed by atoms with E-state index in [-0.39, 0.29) is 5.54 Å². The van der Waals surface area contributed by atoms with Crippen molar-refractivity contribution in [2.24, 2.45) is 0 Å². The minimum absolute atomic E-state index is 0.263. The average molecular weight is 295 g/mol. The lowest BCUT2D eigenvalue weighted by Crippen LogP contribution is -2.36. The Bertz CT molecular complexity index is 363. The smallest absolute Gasteiger partial charge is 0.0330 e. The normalized spacial score (nSPS) is 16.0. The van der Waals surface area contributed by atoms with Gasteiger partial charge in [0.1, 0.15) is 0 Å². The van der Waals surface area contributed by atoms with Gasteiger partial charge in [-0.05, 0) is 71.0 Å². The molecule has 1 heterocycles. The van der Waals surface area contributed by atoms with Crippen molar-refractivity contribution in [3.63, 3.8) is 0 Å². The maximum Gasteiger partial charge on any atom is 0.0330 e. The molecule has 114 valence electrons. The zero-order valence-electron chi connectivity index (χ0n) is 13.3. The second-order valence-electron chi connectivity index (χ2n) is 7.02. The molecule has 2 rings (SSSR count). The van der Waals surface area contributed by atoms with E-state index >= 15 is 0 Å². The lowest BCUT2D eigenvalue weighted by atomic mass is 10.1. The second kappa shape index (κ2) is 7.58. The summed E-state index contributed by atoms with van der Waals surface area (Å²) in [7, 11) is 0. The summed E-state index contributed by atoms with van der Waals surface area (Å²) in [5.41, 5.74) is 0.263. The van der Waals surface area contributed by atoms with Crippen LogP contribution in [0.25, 0.3) is 0 Å². The number of hydrogen-bond donors (Lipinski definition) is 1. The fraction of sp³-hybridized carbons (Fsp3) is 0.765. The third-order valence-electron chi connectivity index (χ3n) is 3.78. The molecule has 0 saturated heterocycles. The lowest BCUT2D eigenvalue weighted by molar-refractivity contribution is 0.250. The molecule has 1 aromatic rings. The van der Waals surface area contributed by atoms with Crippen LogP contribution in [0.15, 0.2) is 17.5 Å². The van der Waals surface area contributed by atoms with E-state index in [1.165, 1.54) is 50.1 Å². The zero-order valence-corrected chi connectivity index (χ0v) is 14.1.